The molecule has 2 N–H and O–H groups in total. The van der Waals surface area contributed by atoms with E-state index in [9.17, 15) is 35.9 Å². The summed E-state index contributed by atoms with van der Waals surface area (Å²) in [7, 11) is 0. The summed E-state index contributed by atoms with van der Waals surface area (Å²) in [6.45, 7) is 1.14. The van der Waals surface area contributed by atoms with Crippen molar-refractivity contribution in [2.24, 2.45) is 5.92 Å². The minimum atomic E-state index is -4.56. The number of fused-ring (bicyclic) bond motifs is 3. The van der Waals surface area contributed by atoms with Crippen LogP contribution in [0.1, 0.15) is 59.7 Å². The Kier molecular flexibility index (Phi) is 10.7. The van der Waals surface area contributed by atoms with Crippen molar-refractivity contribution < 1.29 is 35.9 Å². The lowest BCUT2D eigenvalue weighted by Gasteiger charge is -2.33. The first kappa shape index (κ1) is 39.0. The molecule has 2 amide bonds. The largest absolute Gasteiger partial charge is 0.416 e. The van der Waals surface area contributed by atoms with Crippen molar-refractivity contribution in [3.63, 3.8) is 0 Å². The Morgan fingerprint density at radius 1 is 0.893 bits per heavy atom. The smallest absolute Gasteiger partial charge is 0.346 e. The number of nitrogens with one attached hydrogen (secondary N) is 2. The van der Waals surface area contributed by atoms with Gasteiger partial charge in [-0.25, -0.2) is 4.98 Å². The summed E-state index contributed by atoms with van der Waals surface area (Å²) >= 11 is 1.42. The van der Waals surface area contributed by atoms with E-state index in [2.05, 4.69) is 17.6 Å². The number of carbonyl (C=O) groups excluding carboxylic acids is 2. The number of hydrogen-bond acceptors (Lipinski definition) is 4. The Hall–Kier alpha value is -5.30. The third-order valence-corrected chi connectivity index (χ3v) is 11.2. The number of carbonyl (C=O) groups is 2. The van der Waals surface area contributed by atoms with E-state index in [0.717, 1.165) is 39.9 Å². The van der Waals surface area contributed by atoms with Crippen molar-refractivity contribution in [2.45, 2.75) is 62.1 Å². The molecule has 0 saturated carbocycles. The molecular formula is C43H38F6N4O2S. The molecule has 56 heavy (non-hydrogen) atoms. The number of benzene rings is 4. The molecule has 2 atom stereocenters. The van der Waals surface area contributed by atoms with Crippen molar-refractivity contribution in [2.75, 3.05) is 18.1 Å². The van der Waals surface area contributed by atoms with Crippen LogP contribution in [-0.4, -0.2) is 40.3 Å². The predicted octanol–water partition coefficient (Wildman–Crippen LogP) is 10.8. The normalized spacial score (nSPS) is 17.9. The first-order valence-electron chi connectivity index (χ1n) is 18.2. The van der Waals surface area contributed by atoms with Crippen LogP contribution in [-0.2, 0) is 22.9 Å². The van der Waals surface area contributed by atoms with Crippen LogP contribution in [0.5, 0.6) is 0 Å². The summed E-state index contributed by atoms with van der Waals surface area (Å²) in [5.74, 6) is -0.901. The maximum absolute atomic E-state index is 14.0. The maximum Gasteiger partial charge on any atom is 0.416 e. The second-order valence-electron chi connectivity index (χ2n) is 14.1. The number of amides is 2. The SMILES string of the molecule is CSc1nc2c(NC(=O)c3ccccc3-c3ccc(C(F)(F)F)cc3)cccc2n1CCCCC1(C(=O)NCC(F)(F)F)C2=C(CC(C)C=C2)c2ccccc21. The average molecular weight is 789 g/mol. The quantitative estimate of drug-likeness (QED) is 0.0794. The van der Waals surface area contributed by atoms with Gasteiger partial charge in [-0.05, 0) is 102 Å². The Morgan fingerprint density at radius 3 is 2.32 bits per heavy atom. The molecule has 0 radical (unpaired) electrons. The van der Waals surface area contributed by atoms with Crippen LogP contribution in [0.2, 0.25) is 0 Å². The molecule has 1 heterocycles. The number of imidazole rings is 1. The van der Waals surface area contributed by atoms with Gasteiger partial charge in [-0.1, -0.05) is 91.5 Å². The van der Waals surface area contributed by atoms with Crippen LogP contribution >= 0.6 is 11.8 Å². The summed E-state index contributed by atoms with van der Waals surface area (Å²) in [5.41, 5.74) is 4.27. The van der Waals surface area contributed by atoms with Crippen LogP contribution in [0.3, 0.4) is 0 Å². The lowest BCUT2D eigenvalue weighted by atomic mass is 9.71. The summed E-state index contributed by atoms with van der Waals surface area (Å²) in [5, 5.41) is 5.86. The molecule has 1 aromatic heterocycles. The summed E-state index contributed by atoms with van der Waals surface area (Å²) < 4.78 is 81.8. The monoisotopic (exact) mass is 788 g/mol. The van der Waals surface area contributed by atoms with Crippen molar-refractivity contribution >= 4 is 45.9 Å². The molecular weight excluding hydrogens is 751 g/mol. The van der Waals surface area contributed by atoms with Gasteiger partial charge in [0.2, 0.25) is 5.91 Å². The number of allylic oxidation sites excluding steroid dienone is 3. The molecule has 0 saturated heterocycles. The van der Waals surface area contributed by atoms with E-state index in [1.54, 1.807) is 36.4 Å². The summed E-state index contributed by atoms with van der Waals surface area (Å²) in [6.07, 6.45) is -1.15. The molecule has 7 rings (SSSR count). The topological polar surface area (TPSA) is 76.0 Å². The second kappa shape index (κ2) is 15.3. The number of alkyl halides is 6. The van der Waals surface area contributed by atoms with Crippen molar-refractivity contribution in [1.82, 2.24) is 14.9 Å². The Labute approximate surface area is 324 Å². The number of para-hydroxylation sites is 1. The van der Waals surface area contributed by atoms with Crippen LogP contribution in [0.15, 0.2) is 114 Å². The minimum absolute atomic E-state index is 0.221. The number of nitrogens with zero attached hydrogens (tertiary/aromatic N) is 2. The molecule has 0 bridgehead atoms. The number of anilines is 1. The highest BCUT2D eigenvalue weighted by molar-refractivity contribution is 7.98. The van der Waals surface area contributed by atoms with E-state index in [1.165, 1.54) is 23.9 Å². The highest BCUT2D eigenvalue weighted by Gasteiger charge is 2.50. The number of aryl methyl sites for hydroxylation is 1. The van der Waals surface area contributed by atoms with E-state index in [0.29, 0.717) is 59.7 Å². The van der Waals surface area contributed by atoms with Gasteiger partial charge in [0.25, 0.3) is 5.91 Å². The molecule has 13 heteroatoms. The van der Waals surface area contributed by atoms with Crippen molar-refractivity contribution in [1.29, 1.82) is 0 Å². The molecule has 2 aliphatic carbocycles. The lowest BCUT2D eigenvalue weighted by Crippen LogP contribution is -2.47. The number of unbranched alkanes of at least 4 members (excludes halogenated alkanes) is 1. The first-order valence-corrected chi connectivity index (χ1v) is 19.4. The number of halogens is 6. The first-order chi connectivity index (χ1) is 26.7. The number of aromatic nitrogens is 2. The van der Waals surface area contributed by atoms with Crippen LogP contribution < -0.4 is 10.6 Å². The molecule has 290 valence electrons. The maximum atomic E-state index is 14.0. The minimum Gasteiger partial charge on any atom is -0.346 e. The molecule has 0 spiro atoms. The number of rotatable bonds is 11. The Morgan fingerprint density at radius 2 is 1.61 bits per heavy atom. The van der Waals surface area contributed by atoms with Gasteiger partial charge >= 0.3 is 12.4 Å². The van der Waals surface area contributed by atoms with Crippen LogP contribution in [0.25, 0.3) is 27.7 Å². The van der Waals surface area contributed by atoms with Crippen LogP contribution in [0, 0.1) is 5.92 Å². The van der Waals surface area contributed by atoms with Gasteiger partial charge in [-0.3, -0.25) is 9.59 Å². The summed E-state index contributed by atoms with van der Waals surface area (Å²) in [4.78, 5) is 32.6. The molecule has 2 unspecified atom stereocenters. The molecule has 2 aliphatic rings. The van der Waals surface area contributed by atoms with Gasteiger partial charge < -0.3 is 15.2 Å². The van der Waals surface area contributed by atoms with Gasteiger partial charge in [0.1, 0.15) is 12.1 Å². The zero-order valence-electron chi connectivity index (χ0n) is 30.5. The Bertz CT molecular complexity index is 2360. The third kappa shape index (κ3) is 7.48. The van der Waals surface area contributed by atoms with Crippen LogP contribution in [0.4, 0.5) is 32.0 Å². The molecule has 5 aromatic rings. The van der Waals surface area contributed by atoms with Gasteiger partial charge in [0.15, 0.2) is 5.16 Å². The van der Waals surface area contributed by atoms with E-state index >= 15 is 0 Å². The number of thioether (sulfide) groups is 1. The highest BCUT2D eigenvalue weighted by atomic mass is 32.2. The highest BCUT2D eigenvalue weighted by Crippen LogP contribution is 2.53. The summed E-state index contributed by atoms with van der Waals surface area (Å²) in [6, 6.07) is 24.2. The fourth-order valence-corrected chi connectivity index (χ4v) is 8.55. The molecule has 0 fully saturated rings. The van der Waals surface area contributed by atoms with Gasteiger partial charge in [0, 0.05) is 12.1 Å². The fraction of sp³-hybridized carbons (Fsp3) is 0.279. The Balaban J connectivity index is 1.13. The average Bonchev–Trinajstić information content (AvgIpc) is 3.68. The second-order valence-corrected chi connectivity index (χ2v) is 14.9. The van der Waals surface area contributed by atoms with E-state index in [1.807, 2.05) is 53.3 Å². The fourth-order valence-electron chi connectivity index (χ4n) is 7.96. The number of hydrogen-bond donors (Lipinski definition) is 2. The van der Waals surface area contributed by atoms with E-state index in [-0.39, 0.29) is 11.5 Å². The van der Waals surface area contributed by atoms with E-state index in [4.69, 9.17) is 4.98 Å². The predicted molar refractivity (Wildman–Crippen MR) is 207 cm³/mol. The molecule has 6 nitrogen and oxygen atoms in total. The van der Waals surface area contributed by atoms with Crippen molar-refractivity contribution in [3.8, 4) is 11.1 Å². The van der Waals surface area contributed by atoms with Gasteiger partial charge in [-0.15, -0.1) is 0 Å². The standard InChI is InChI=1S/C43H38F6N4O2S/c1-26-16-21-34-32(24-26)30-11-5-6-13-33(30)41(34,39(55)50-25-42(44,45)46)22-7-8-23-53-36-15-9-14-35(37(36)52-40(53)56-2)51-38(54)31-12-4-3-10-29(31)27-17-19-28(20-18-27)43(47,48)49/h3-6,9-21,26H,7-8,22-25H2,1-2H3,(H,50,55)(H,51,54). The zero-order valence-corrected chi connectivity index (χ0v) is 31.3. The van der Waals surface area contributed by atoms with E-state index < -0.39 is 41.7 Å². The van der Waals surface area contributed by atoms with Gasteiger partial charge in [0.05, 0.1) is 22.2 Å². The third-order valence-electron chi connectivity index (χ3n) is 10.5. The van der Waals surface area contributed by atoms with Gasteiger partial charge in [-0.2, -0.15) is 26.3 Å². The van der Waals surface area contributed by atoms with Crippen molar-refractivity contribution in [3.05, 3.63) is 131 Å². The molecule has 4 aromatic carbocycles. The zero-order chi connectivity index (χ0) is 39.8. The lowest BCUT2D eigenvalue weighted by molar-refractivity contribution is -0.141. The molecule has 0 aliphatic heterocycles.